The van der Waals surface area contributed by atoms with E-state index in [0.29, 0.717) is 12.2 Å². The maximum Gasteiger partial charge on any atom is 0.251 e. The van der Waals surface area contributed by atoms with Crippen molar-refractivity contribution in [3.8, 4) is 5.75 Å². The Morgan fingerprint density at radius 2 is 2.30 bits per heavy atom. The minimum Gasteiger partial charge on any atom is -0.489 e. The number of allylic oxidation sites excluding steroid dienone is 1. The van der Waals surface area contributed by atoms with E-state index >= 15 is 0 Å². The van der Waals surface area contributed by atoms with Gasteiger partial charge >= 0.3 is 0 Å². The van der Waals surface area contributed by atoms with Crippen LogP contribution in [0, 0.1) is 5.92 Å². The highest BCUT2D eigenvalue weighted by Crippen LogP contribution is 2.32. The number of ether oxygens (including phenoxy) is 1. The molecule has 3 aliphatic heterocycles. The van der Waals surface area contributed by atoms with Crippen molar-refractivity contribution in [2.45, 2.75) is 32.2 Å². The van der Waals surface area contributed by atoms with Gasteiger partial charge in [-0.3, -0.25) is 4.79 Å². The van der Waals surface area contributed by atoms with Gasteiger partial charge in [0, 0.05) is 30.3 Å². The molecule has 2 fully saturated rings. The van der Waals surface area contributed by atoms with Gasteiger partial charge in [0.2, 0.25) is 0 Å². The molecule has 3 heterocycles. The highest BCUT2D eigenvalue weighted by molar-refractivity contribution is 5.95. The monoisotopic (exact) mass is 312 g/mol. The van der Waals surface area contributed by atoms with Gasteiger partial charge in [-0.05, 0) is 55.5 Å². The molecule has 122 valence electrons. The van der Waals surface area contributed by atoms with Gasteiger partial charge in [0.15, 0.2) is 0 Å². The van der Waals surface area contributed by atoms with Crippen molar-refractivity contribution in [2.75, 3.05) is 26.2 Å². The van der Waals surface area contributed by atoms with Crippen LogP contribution in [0.4, 0.5) is 0 Å². The molecule has 1 N–H and O–H groups in total. The van der Waals surface area contributed by atoms with Crippen LogP contribution < -0.4 is 10.1 Å². The number of piperidine rings is 1. The molecular weight excluding hydrogens is 288 g/mol. The zero-order chi connectivity index (χ0) is 15.8. The van der Waals surface area contributed by atoms with Crippen molar-refractivity contribution in [3.05, 3.63) is 35.4 Å². The molecule has 2 saturated heterocycles. The quantitative estimate of drug-likeness (QED) is 0.933. The normalized spacial score (nSPS) is 28.6. The summed E-state index contributed by atoms with van der Waals surface area (Å²) in [5, 5.41) is 3.22. The second-order valence-corrected chi connectivity index (χ2v) is 6.93. The average molecular weight is 312 g/mol. The molecule has 2 bridgehead atoms. The predicted octanol–water partition coefficient (Wildman–Crippen LogP) is 2.70. The molecule has 1 aromatic rings. The van der Waals surface area contributed by atoms with Gasteiger partial charge in [0.25, 0.3) is 5.91 Å². The summed E-state index contributed by atoms with van der Waals surface area (Å²) < 4.78 is 5.72. The number of hydrogen-bond acceptors (Lipinski definition) is 3. The highest BCUT2D eigenvalue weighted by atomic mass is 16.5. The lowest BCUT2D eigenvalue weighted by molar-refractivity contribution is 0.0909. The first-order valence-electron chi connectivity index (χ1n) is 8.72. The predicted molar refractivity (Wildman–Crippen MR) is 90.6 cm³/mol. The Hall–Kier alpha value is -1.81. The Morgan fingerprint density at radius 3 is 3.13 bits per heavy atom. The summed E-state index contributed by atoms with van der Waals surface area (Å²) in [5.41, 5.74) is 3.13. The molecule has 4 nitrogen and oxygen atoms in total. The van der Waals surface area contributed by atoms with Crippen LogP contribution in [0.25, 0.3) is 5.57 Å². The van der Waals surface area contributed by atoms with E-state index in [-0.39, 0.29) is 11.9 Å². The summed E-state index contributed by atoms with van der Waals surface area (Å²) in [7, 11) is 0. The number of fused-ring (bicyclic) bond motifs is 3. The van der Waals surface area contributed by atoms with Gasteiger partial charge in [0.05, 0.1) is 0 Å². The minimum atomic E-state index is 0.0245. The molecule has 4 heteroatoms. The number of benzene rings is 1. The largest absolute Gasteiger partial charge is 0.489 e. The zero-order valence-corrected chi connectivity index (χ0v) is 13.7. The molecule has 1 unspecified atom stereocenters. The number of hydrogen-bond donors (Lipinski definition) is 1. The van der Waals surface area contributed by atoms with E-state index in [4.69, 9.17) is 4.74 Å². The molecule has 0 radical (unpaired) electrons. The summed E-state index contributed by atoms with van der Waals surface area (Å²) in [4.78, 5) is 15.0. The van der Waals surface area contributed by atoms with Crippen LogP contribution in [0.15, 0.2) is 24.3 Å². The van der Waals surface area contributed by atoms with Crippen molar-refractivity contribution in [1.82, 2.24) is 10.2 Å². The zero-order valence-electron chi connectivity index (χ0n) is 13.7. The van der Waals surface area contributed by atoms with Crippen LogP contribution in [0.2, 0.25) is 0 Å². The van der Waals surface area contributed by atoms with E-state index in [0.717, 1.165) is 36.6 Å². The number of nitrogens with zero attached hydrogens (tertiary/aromatic N) is 1. The Kier molecular flexibility index (Phi) is 3.85. The van der Waals surface area contributed by atoms with Crippen molar-refractivity contribution in [3.63, 3.8) is 0 Å². The molecule has 3 atom stereocenters. The van der Waals surface area contributed by atoms with Crippen molar-refractivity contribution >= 4 is 11.5 Å². The standard InChI is InChI=1S/C19H24N2O2/c1-2-14-6-8-23-18-10-15(3-4-17(14)18)19(22)20-16-9-13-5-7-21(11-13)12-16/h3-4,6,10,13,16H,2,5,7-9,11-12H2,1H3,(H,20,22)/t13-,16+/m0/s1. The lowest BCUT2D eigenvalue weighted by Gasteiger charge is -2.30. The van der Waals surface area contributed by atoms with E-state index < -0.39 is 0 Å². The van der Waals surface area contributed by atoms with Gasteiger partial charge in [-0.25, -0.2) is 0 Å². The van der Waals surface area contributed by atoms with E-state index in [1.807, 2.05) is 18.2 Å². The van der Waals surface area contributed by atoms with Crippen molar-refractivity contribution in [2.24, 2.45) is 5.92 Å². The second-order valence-electron chi connectivity index (χ2n) is 6.93. The van der Waals surface area contributed by atoms with E-state index in [2.05, 4.69) is 23.2 Å². The maximum atomic E-state index is 12.6. The fraction of sp³-hybridized carbons (Fsp3) is 0.526. The third-order valence-corrected chi connectivity index (χ3v) is 5.34. The summed E-state index contributed by atoms with van der Waals surface area (Å²) in [5.74, 6) is 1.62. The summed E-state index contributed by atoms with van der Waals surface area (Å²) in [6, 6.07) is 6.12. The van der Waals surface area contributed by atoms with Crippen molar-refractivity contribution < 1.29 is 9.53 Å². The number of carbonyl (C=O) groups is 1. The molecule has 23 heavy (non-hydrogen) atoms. The van der Waals surface area contributed by atoms with E-state index in [1.165, 1.54) is 25.1 Å². The fourth-order valence-corrected chi connectivity index (χ4v) is 4.16. The number of nitrogens with one attached hydrogen (secondary N) is 1. The summed E-state index contributed by atoms with van der Waals surface area (Å²) in [6.45, 7) is 6.14. The molecule has 4 rings (SSSR count). The minimum absolute atomic E-state index is 0.0245. The molecular formula is C19H24N2O2. The van der Waals surface area contributed by atoms with E-state index in [1.54, 1.807) is 0 Å². The smallest absolute Gasteiger partial charge is 0.251 e. The van der Waals surface area contributed by atoms with Crippen LogP contribution in [-0.2, 0) is 0 Å². The summed E-state index contributed by atoms with van der Waals surface area (Å²) in [6.07, 6.45) is 5.51. The van der Waals surface area contributed by atoms with Gasteiger partial charge in [-0.15, -0.1) is 0 Å². The van der Waals surface area contributed by atoms with Crippen LogP contribution in [-0.4, -0.2) is 43.1 Å². The first kappa shape index (κ1) is 14.8. The van der Waals surface area contributed by atoms with E-state index in [9.17, 15) is 4.79 Å². The van der Waals surface area contributed by atoms with Crippen LogP contribution >= 0.6 is 0 Å². The van der Waals surface area contributed by atoms with Gasteiger partial charge < -0.3 is 15.0 Å². The second kappa shape index (κ2) is 6.00. The lowest BCUT2D eigenvalue weighted by atomic mass is 9.96. The fourth-order valence-electron chi connectivity index (χ4n) is 4.16. The number of carbonyl (C=O) groups excluding carboxylic acids is 1. The van der Waals surface area contributed by atoms with Crippen LogP contribution in [0.5, 0.6) is 5.75 Å². The molecule has 1 aromatic carbocycles. The Labute approximate surface area is 137 Å². The number of amides is 1. The molecule has 0 aromatic heterocycles. The Morgan fingerprint density at radius 1 is 1.39 bits per heavy atom. The molecule has 0 spiro atoms. The first-order valence-corrected chi connectivity index (χ1v) is 8.72. The topological polar surface area (TPSA) is 41.6 Å². The van der Waals surface area contributed by atoms with Crippen molar-refractivity contribution in [1.29, 1.82) is 0 Å². The average Bonchev–Trinajstić information content (AvgIpc) is 2.92. The summed E-state index contributed by atoms with van der Waals surface area (Å²) >= 11 is 0. The van der Waals surface area contributed by atoms with Crippen LogP contribution in [0.3, 0.4) is 0 Å². The van der Waals surface area contributed by atoms with Gasteiger partial charge in [-0.1, -0.05) is 13.0 Å². The van der Waals surface area contributed by atoms with Gasteiger partial charge in [-0.2, -0.15) is 0 Å². The first-order chi connectivity index (χ1) is 11.2. The third-order valence-electron chi connectivity index (χ3n) is 5.34. The molecule has 0 aliphatic carbocycles. The molecule has 3 aliphatic rings. The SMILES string of the molecule is CCC1=CCOc2cc(C(=O)N[C@@H]3C[C@@H]4CCN(C4)C3)ccc21. The molecule has 1 amide bonds. The van der Waals surface area contributed by atoms with Gasteiger partial charge in [0.1, 0.15) is 12.4 Å². The molecule has 0 saturated carbocycles. The lowest BCUT2D eigenvalue weighted by Crippen LogP contribution is -2.47. The third kappa shape index (κ3) is 2.88. The Balaban J connectivity index is 1.48. The number of rotatable bonds is 3. The van der Waals surface area contributed by atoms with Crippen LogP contribution in [0.1, 0.15) is 42.1 Å². The highest BCUT2D eigenvalue weighted by Gasteiger charge is 2.33. The maximum absolute atomic E-state index is 12.6. The Bertz CT molecular complexity index is 641.